The molecule has 0 radical (unpaired) electrons. The summed E-state index contributed by atoms with van der Waals surface area (Å²) in [6.07, 6.45) is 1.72. The Hall–Kier alpha value is -1.15. The van der Waals surface area contributed by atoms with Gasteiger partial charge in [-0.2, -0.15) is 10.2 Å². The van der Waals surface area contributed by atoms with Gasteiger partial charge in [0.15, 0.2) is 5.69 Å². The Morgan fingerprint density at radius 2 is 2.32 bits per heavy atom. The Bertz CT molecular complexity index is 592. The van der Waals surface area contributed by atoms with Gasteiger partial charge in [0.1, 0.15) is 4.60 Å². The molecule has 0 aromatic carbocycles. The molecule has 0 spiro atoms. The number of carbonyl (C=O) groups is 1. The summed E-state index contributed by atoms with van der Waals surface area (Å²) in [6, 6.07) is 1.75. The number of carbonyl (C=O) groups excluding carboxylic acids is 1. The number of aromatic amines is 1. The van der Waals surface area contributed by atoms with Crippen LogP contribution in [0.2, 0.25) is 0 Å². The molecule has 102 valence electrons. The number of H-pyrrole nitrogens is 1. The Kier molecular flexibility index (Phi) is 4.41. The molecule has 2 N–H and O–H groups in total. The maximum atomic E-state index is 12.1. The number of nitrogens with zero attached hydrogens (tertiary/aromatic N) is 3. The van der Waals surface area contributed by atoms with Crippen molar-refractivity contribution < 1.29 is 4.79 Å². The van der Waals surface area contributed by atoms with Gasteiger partial charge in [0.05, 0.1) is 16.2 Å². The fourth-order valence-corrected chi connectivity index (χ4v) is 2.41. The summed E-state index contributed by atoms with van der Waals surface area (Å²) >= 11 is 6.55. The van der Waals surface area contributed by atoms with E-state index in [0.717, 1.165) is 12.2 Å². The second-order valence-corrected chi connectivity index (χ2v) is 5.55. The summed E-state index contributed by atoms with van der Waals surface area (Å²) in [5, 5.41) is 13.7. The van der Waals surface area contributed by atoms with Crippen molar-refractivity contribution in [3.63, 3.8) is 0 Å². The Balaban J connectivity index is 2.13. The van der Waals surface area contributed by atoms with Crippen LogP contribution in [-0.4, -0.2) is 25.9 Å². The third kappa shape index (κ3) is 2.89. The quantitative estimate of drug-likeness (QED) is 0.842. The number of aromatic nitrogens is 4. The minimum absolute atomic E-state index is 0.141. The molecule has 0 saturated carbocycles. The minimum atomic E-state index is -0.245. The van der Waals surface area contributed by atoms with Gasteiger partial charge in [0, 0.05) is 12.7 Å². The second-order valence-electron chi connectivity index (χ2n) is 3.97. The molecular formula is C11H13Br2N5O. The summed E-state index contributed by atoms with van der Waals surface area (Å²) < 4.78 is 3.10. The smallest absolute Gasteiger partial charge is 0.273 e. The van der Waals surface area contributed by atoms with Crippen molar-refractivity contribution in [2.45, 2.75) is 26.4 Å². The van der Waals surface area contributed by atoms with Crippen molar-refractivity contribution in [2.75, 3.05) is 0 Å². The van der Waals surface area contributed by atoms with E-state index in [1.165, 1.54) is 0 Å². The van der Waals surface area contributed by atoms with E-state index in [0.29, 0.717) is 14.8 Å². The number of amides is 1. The van der Waals surface area contributed by atoms with Gasteiger partial charge in [-0.15, -0.1) is 0 Å². The molecule has 6 nitrogen and oxygen atoms in total. The van der Waals surface area contributed by atoms with Crippen molar-refractivity contribution in [3.8, 4) is 0 Å². The number of hydrogen-bond donors (Lipinski definition) is 2. The number of aryl methyl sites for hydroxylation is 1. The maximum Gasteiger partial charge on any atom is 0.273 e. The molecule has 0 aliphatic rings. The largest absolute Gasteiger partial charge is 0.343 e. The minimum Gasteiger partial charge on any atom is -0.343 e. The predicted octanol–water partition coefficient (Wildman–Crippen LogP) is 2.64. The van der Waals surface area contributed by atoms with Crippen LogP contribution in [0.3, 0.4) is 0 Å². The fraction of sp³-hybridized carbons (Fsp3) is 0.364. The van der Waals surface area contributed by atoms with E-state index < -0.39 is 0 Å². The van der Waals surface area contributed by atoms with Gasteiger partial charge in [0.25, 0.3) is 5.91 Å². The lowest BCUT2D eigenvalue weighted by Crippen LogP contribution is -2.28. The molecule has 0 saturated heterocycles. The van der Waals surface area contributed by atoms with Gasteiger partial charge in [-0.1, -0.05) is 0 Å². The molecule has 1 amide bonds. The van der Waals surface area contributed by atoms with Crippen LogP contribution < -0.4 is 5.32 Å². The third-order valence-electron chi connectivity index (χ3n) is 2.72. The number of nitrogens with one attached hydrogen (secondary N) is 2. The molecule has 8 heteroatoms. The van der Waals surface area contributed by atoms with Gasteiger partial charge >= 0.3 is 0 Å². The van der Waals surface area contributed by atoms with Crippen LogP contribution in [0.5, 0.6) is 0 Å². The summed E-state index contributed by atoms with van der Waals surface area (Å²) in [6.45, 7) is 4.68. The van der Waals surface area contributed by atoms with E-state index in [1.54, 1.807) is 6.20 Å². The first-order valence-electron chi connectivity index (χ1n) is 5.76. The van der Waals surface area contributed by atoms with Gasteiger partial charge in [0.2, 0.25) is 0 Å². The van der Waals surface area contributed by atoms with Crippen LogP contribution in [0.15, 0.2) is 21.3 Å². The van der Waals surface area contributed by atoms with E-state index in [4.69, 9.17) is 0 Å². The van der Waals surface area contributed by atoms with Crippen LogP contribution in [-0.2, 0) is 6.54 Å². The van der Waals surface area contributed by atoms with Crippen LogP contribution in [0, 0.1) is 0 Å². The average molecular weight is 391 g/mol. The predicted molar refractivity (Wildman–Crippen MR) is 77.8 cm³/mol. The average Bonchev–Trinajstić information content (AvgIpc) is 2.97. The number of hydrogen-bond acceptors (Lipinski definition) is 3. The zero-order chi connectivity index (χ0) is 14.0. The topological polar surface area (TPSA) is 75.6 Å². The number of halogens is 2. The first-order chi connectivity index (χ1) is 9.04. The van der Waals surface area contributed by atoms with E-state index in [9.17, 15) is 4.79 Å². The van der Waals surface area contributed by atoms with E-state index in [2.05, 4.69) is 52.5 Å². The molecule has 2 rings (SSSR count). The summed E-state index contributed by atoms with van der Waals surface area (Å²) in [5.41, 5.74) is 1.28. The highest BCUT2D eigenvalue weighted by atomic mass is 79.9. The Morgan fingerprint density at radius 3 is 2.89 bits per heavy atom. The Labute approximate surface area is 127 Å². The van der Waals surface area contributed by atoms with Gasteiger partial charge < -0.3 is 5.32 Å². The molecule has 0 fully saturated rings. The van der Waals surface area contributed by atoms with E-state index in [-0.39, 0.29) is 11.9 Å². The molecule has 2 heterocycles. The lowest BCUT2D eigenvalue weighted by Gasteiger charge is -2.14. The lowest BCUT2D eigenvalue weighted by atomic mass is 10.2. The van der Waals surface area contributed by atoms with Crippen LogP contribution in [0.4, 0.5) is 0 Å². The highest BCUT2D eigenvalue weighted by Crippen LogP contribution is 2.24. The first kappa shape index (κ1) is 14.3. The highest BCUT2D eigenvalue weighted by Gasteiger charge is 2.20. The molecule has 2 aromatic rings. The van der Waals surface area contributed by atoms with Crippen molar-refractivity contribution in [3.05, 3.63) is 32.7 Å². The van der Waals surface area contributed by atoms with E-state index in [1.807, 2.05) is 24.6 Å². The third-order valence-corrected chi connectivity index (χ3v) is 4.60. The normalized spacial score (nSPS) is 12.4. The molecule has 0 aliphatic heterocycles. The monoisotopic (exact) mass is 389 g/mol. The summed E-state index contributed by atoms with van der Waals surface area (Å²) in [4.78, 5) is 12.1. The molecule has 2 aromatic heterocycles. The standard InChI is InChI=1S/C11H13Br2N5O/c1-3-18-7(4-5-14-18)6(2)15-11(19)9-8(12)10(13)17-16-9/h4-6H,3H2,1-2H3,(H,15,19)(H,16,17). The van der Waals surface area contributed by atoms with Crippen molar-refractivity contribution in [2.24, 2.45) is 0 Å². The molecule has 1 atom stereocenters. The van der Waals surface area contributed by atoms with Crippen LogP contribution in [0.1, 0.15) is 36.1 Å². The SMILES string of the molecule is CCn1nccc1C(C)NC(=O)c1n[nH]c(Br)c1Br. The molecule has 0 aliphatic carbocycles. The Morgan fingerprint density at radius 1 is 1.58 bits per heavy atom. The second kappa shape index (κ2) is 5.87. The van der Waals surface area contributed by atoms with Gasteiger partial charge in [-0.25, -0.2) is 0 Å². The molecular weight excluding hydrogens is 378 g/mol. The molecule has 1 unspecified atom stereocenters. The summed E-state index contributed by atoms with van der Waals surface area (Å²) in [5.74, 6) is -0.245. The molecule has 19 heavy (non-hydrogen) atoms. The number of rotatable bonds is 4. The van der Waals surface area contributed by atoms with Gasteiger partial charge in [-0.3, -0.25) is 14.6 Å². The fourth-order valence-electron chi connectivity index (χ4n) is 1.77. The zero-order valence-corrected chi connectivity index (χ0v) is 13.6. The van der Waals surface area contributed by atoms with Crippen molar-refractivity contribution >= 4 is 37.8 Å². The van der Waals surface area contributed by atoms with Crippen molar-refractivity contribution in [1.29, 1.82) is 0 Å². The van der Waals surface area contributed by atoms with Crippen LogP contribution in [0.25, 0.3) is 0 Å². The zero-order valence-electron chi connectivity index (χ0n) is 10.4. The van der Waals surface area contributed by atoms with Crippen LogP contribution >= 0.6 is 31.9 Å². The maximum absolute atomic E-state index is 12.1. The molecule has 0 bridgehead atoms. The first-order valence-corrected chi connectivity index (χ1v) is 7.35. The van der Waals surface area contributed by atoms with Gasteiger partial charge in [-0.05, 0) is 51.8 Å². The lowest BCUT2D eigenvalue weighted by molar-refractivity contribution is 0.0932. The van der Waals surface area contributed by atoms with Crippen molar-refractivity contribution in [1.82, 2.24) is 25.3 Å². The van der Waals surface area contributed by atoms with E-state index >= 15 is 0 Å². The highest BCUT2D eigenvalue weighted by molar-refractivity contribution is 9.13. The summed E-state index contributed by atoms with van der Waals surface area (Å²) in [7, 11) is 0.